The molecule has 0 saturated heterocycles. The van der Waals surface area contributed by atoms with Crippen LogP contribution < -0.4 is 0 Å². The van der Waals surface area contributed by atoms with Gasteiger partial charge in [0.15, 0.2) is 0 Å². The molecule has 122 valence electrons. The summed E-state index contributed by atoms with van der Waals surface area (Å²) in [5, 5.41) is 9.62. The predicted octanol–water partition coefficient (Wildman–Crippen LogP) is 5.45. The highest BCUT2D eigenvalue weighted by Gasteiger charge is 2.31. The number of benzene rings is 1. The largest absolute Gasteiger partial charge is 0.496 e. The third-order valence-electron chi connectivity index (χ3n) is 4.27. The monoisotopic (exact) mass is 317 g/mol. The quantitative estimate of drug-likeness (QED) is 0.677. The first-order chi connectivity index (χ1) is 11.7. The smallest absolute Gasteiger partial charge is 0.130 e. The minimum Gasteiger partial charge on any atom is -0.496 e. The Morgan fingerprint density at radius 2 is 2.00 bits per heavy atom. The highest BCUT2D eigenvalue weighted by molar-refractivity contribution is 5.81. The third kappa shape index (κ3) is 3.41. The fraction of sp³-hybridized carbons (Fsp3) is 0.227. The lowest BCUT2D eigenvalue weighted by atomic mass is 9.76. The van der Waals surface area contributed by atoms with Gasteiger partial charge >= 0.3 is 0 Å². The van der Waals surface area contributed by atoms with Gasteiger partial charge in [-0.05, 0) is 18.1 Å². The summed E-state index contributed by atoms with van der Waals surface area (Å²) < 4.78 is 5.79. The molecule has 0 amide bonds. The molecule has 24 heavy (non-hydrogen) atoms. The molecule has 1 aromatic rings. The molecule has 0 bridgehead atoms. The molecule has 0 N–H and O–H groups in total. The van der Waals surface area contributed by atoms with Gasteiger partial charge in [-0.15, -0.1) is 0 Å². The van der Waals surface area contributed by atoms with Crippen molar-refractivity contribution in [3.8, 4) is 6.07 Å². The zero-order valence-corrected chi connectivity index (χ0v) is 14.5. The molecule has 2 unspecified atom stereocenters. The fourth-order valence-corrected chi connectivity index (χ4v) is 3.01. The topological polar surface area (TPSA) is 33.0 Å². The average molecular weight is 317 g/mol. The highest BCUT2D eigenvalue weighted by atomic mass is 16.5. The second-order valence-electron chi connectivity index (χ2n) is 5.69. The van der Waals surface area contributed by atoms with Crippen molar-refractivity contribution in [1.29, 1.82) is 5.26 Å². The van der Waals surface area contributed by atoms with Crippen LogP contribution in [0.15, 0.2) is 84.2 Å². The van der Waals surface area contributed by atoms with E-state index in [9.17, 15) is 5.26 Å². The molecule has 0 aromatic heterocycles. The second kappa shape index (κ2) is 8.17. The Morgan fingerprint density at radius 1 is 1.29 bits per heavy atom. The van der Waals surface area contributed by atoms with Gasteiger partial charge in [0.2, 0.25) is 0 Å². The molecule has 0 radical (unpaired) electrons. The number of ether oxygens (including phenoxy) is 1. The van der Waals surface area contributed by atoms with Crippen molar-refractivity contribution in [2.75, 3.05) is 7.11 Å². The zero-order valence-electron chi connectivity index (χ0n) is 14.5. The number of nitrogens with zero attached hydrogens (tertiary/aromatic N) is 1. The van der Waals surface area contributed by atoms with Crippen LogP contribution in [-0.4, -0.2) is 7.11 Å². The molecule has 0 aliphatic heterocycles. The average Bonchev–Trinajstić information content (AvgIpc) is 2.63. The molecule has 1 aliphatic carbocycles. The third-order valence-corrected chi connectivity index (χ3v) is 4.27. The summed E-state index contributed by atoms with van der Waals surface area (Å²) in [6.07, 6.45) is 9.80. The first-order valence-electron chi connectivity index (χ1n) is 8.09. The maximum Gasteiger partial charge on any atom is 0.130 e. The van der Waals surface area contributed by atoms with E-state index in [4.69, 9.17) is 4.74 Å². The lowest BCUT2D eigenvalue weighted by Crippen LogP contribution is -2.20. The summed E-state index contributed by atoms with van der Waals surface area (Å²) in [6.45, 7) is 7.98. The first kappa shape index (κ1) is 17.6. The molecule has 0 fully saturated rings. The van der Waals surface area contributed by atoms with Crippen molar-refractivity contribution in [2.45, 2.75) is 13.8 Å². The number of hydrogen-bond acceptors (Lipinski definition) is 2. The molecule has 1 aromatic carbocycles. The van der Waals surface area contributed by atoms with Gasteiger partial charge in [-0.25, -0.2) is 0 Å². The minimum absolute atomic E-state index is 0.0342. The molecule has 0 spiro atoms. The van der Waals surface area contributed by atoms with Crippen LogP contribution >= 0.6 is 0 Å². The van der Waals surface area contributed by atoms with Crippen molar-refractivity contribution < 1.29 is 4.74 Å². The maximum absolute atomic E-state index is 9.62. The fourth-order valence-electron chi connectivity index (χ4n) is 3.01. The number of rotatable bonds is 5. The van der Waals surface area contributed by atoms with Gasteiger partial charge in [-0.2, -0.15) is 5.26 Å². The molecular weight excluding hydrogens is 294 g/mol. The molecule has 1 aliphatic rings. The van der Waals surface area contributed by atoms with E-state index in [1.165, 1.54) is 0 Å². The van der Waals surface area contributed by atoms with E-state index in [0.717, 1.165) is 28.0 Å². The van der Waals surface area contributed by atoms with Crippen molar-refractivity contribution in [3.63, 3.8) is 0 Å². The maximum atomic E-state index is 9.62. The van der Waals surface area contributed by atoms with Gasteiger partial charge in [0.1, 0.15) is 5.76 Å². The Balaban J connectivity index is 2.71. The van der Waals surface area contributed by atoms with Crippen molar-refractivity contribution in [3.05, 3.63) is 89.8 Å². The summed E-state index contributed by atoms with van der Waals surface area (Å²) in [5.74, 6) is 0.644. The summed E-state index contributed by atoms with van der Waals surface area (Å²) in [4.78, 5) is 0. The number of allylic oxidation sites excluding steroid dienone is 8. The molecular formula is C22H23NO. The van der Waals surface area contributed by atoms with Gasteiger partial charge in [-0.1, -0.05) is 74.2 Å². The van der Waals surface area contributed by atoms with Crippen LogP contribution in [0.25, 0.3) is 5.57 Å². The van der Waals surface area contributed by atoms with E-state index in [1.54, 1.807) is 7.11 Å². The lowest BCUT2D eigenvalue weighted by Gasteiger charge is -2.29. The van der Waals surface area contributed by atoms with Crippen molar-refractivity contribution >= 4 is 5.57 Å². The van der Waals surface area contributed by atoms with Gasteiger partial charge in [0, 0.05) is 17.1 Å². The standard InChI is InChI=1S/C22H23NO/c1-5-7-11-17(6-2)21-16(3)19(15-23)14-20(22(21)24-4)18-12-9-8-10-13-18/h5-14,16,19H,2H2,1,3-4H3/b7-5-,17-11+. The van der Waals surface area contributed by atoms with Gasteiger partial charge in [0.05, 0.1) is 19.1 Å². The molecule has 0 heterocycles. The van der Waals surface area contributed by atoms with Crippen LogP contribution in [0.5, 0.6) is 0 Å². The van der Waals surface area contributed by atoms with Crippen molar-refractivity contribution in [2.24, 2.45) is 11.8 Å². The van der Waals surface area contributed by atoms with E-state index >= 15 is 0 Å². The normalized spacial score (nSPS) is 21.4. The first-order valence-corrected chi connectivity index (χ1v) is 8.09. The van der Waals surface area contributed by atoms with E-state index in [1.807, 2.05) is 67.6 Å². The molecule has 2 atom stereocenters. The van der Waals surface area contributed by atoms with Crippen LogP contribution in [0.4, 0.5) is 0 Å². The Labute approximate surface area is 144 Å². The van der Waals surface area contributed by atoms with Gasteiger partial charge < -0.3 is 4.74 Å². The Hall–Kier alpha value is -2.79. The van der Waals surface area contributed by atoms with Crippen LogP contribution in [-0.2, 0) is 4.74 Å². The van der Waals surface area contributed by atoms with Crippen LogP contribution in [0.2, 0.25) is 0 Å². The van der Waals surface area contributed by atoms with Crippen LogP contribution in [0.3, 0.4) is 0 Å². The molecule has 2 rings (SSSR count). The van der Waals surface area contributed by atoms with E-state index in [-0.39, 0.29) is 11.8 Å². The number of methoxy groups -OCH3 is 1. The SMILES string of the molecule is C=C/C(=C\C=C/C)C1=C(OC)C(c2ccccc2)=CC(C#N)C1C. The summed E-state index contributed by atoms with van der Waals surface area (Å²) in [6, 6.07) is 12.5. The number of hydrogen-bond donors (Lipinski definition) is 0. The Bertz CT molecular complexity index is 757. The predicted molar refractivity (Wildman–Crippen MR) is 99.8 cm³/mol. The molecule has 0 saturated carbocycles. The summed E-state index contributed by atoms with van der Waals surface area (Å²) in [7, 11) is 1.68. The van der Waals surface area contributed by atoms with Crippen LogP contribution in [0.1, 0.15) is 19.4 Å². The molecule has 2 nitrogen and oxygen atoms in total. The van der Waals surface area contributed by atoms with Gasteiger partial charge in [0.25, 0.3) is 0 Å². The van der Waals surface area contributed by atoms with Gasteiger partial charge in [-0.3, -0.25) is 0 Å². The lowest BCUT2D eigenvalue weighted by molar-refractivity contribution is 0.297. The summed E-state index contributed by atoms with van der Waals surface area (Å²) in [5.41, 5.74) is 4.03. The number of nitriles is 1. The highest BCUT2D eigenvalue weighted by Crippen LogP contribution is 2.42. The summed E-state index contributed by atoms with van der Waals surface area (Å²) >= 11 is 0. The van der Waals surface area contributed by atoms with E-state index in [0.29, 0.717) is 0 Å². The Kier molecular flexibility index (Phi) is 5.98. The second-order valence-corrected chi connectivity index (χ2v) is 5.69. The zero-order chi connectivity index (χ0) is 17.5. The van der Waals surface area contributed by atoms with Crippen LogP contribution in [0, 0.1) is 23.2 Å². The molecule has 2 heteroatoms. The van der Waals surface area contributed by atoms with E-state index < -0.39 is 0 Å². The van der Waals surface area contributed by atoms with Crippen molar-refractivity contribution in [1.82, 2.24) is 0 Å². The Morgan fingerprint density at radius 3 is 2.54 bits per heavy atom. The van der Waals surface area contributed by atoms with E-state index in [2.05, 4.69) is 19.6 Å². The minimum atomic E-state index is -0.205.